The summed E-state index contributed by atoms with van der Waals surface area (Å²) < 4.78 is 6.37. The van der Waals surface area contributed by atoms with Crippen molar-refractivity contribution in [3.05, 3.63) is 176 Å². The normalized spacial score (nSPS) is 11.9. The van der Waals surface area contributed by atoms with Gasteiger partial charge in [-0.05, 0) is 112 Å². The van der Waals surface area contributed by atoms with E-state index in [2.05, 4.69) is 146 Å². The lowest BCUT2D eigenvalue weighted by Crippen LogP contribution is -1.93. The highest BCUT2D eigenvalue weighted by molar-refractivity contribution is 6.26. The van der Waals surface area contributed by atoms with E-state index < -0.39 is 0 Å². The molecule has 236 valence electrons. The molecule has 0 aliphatic heterocycles. The predicted molar refractivity (Wildman–Crippen MR) is 213 cm³/mol. The Balaban J connectivity index is 1.20. The van der Waals surface area contributed by atoms with Crippen molar-refractivity contribution >= 4 is 43.4 Å². The largest absolute Gasteiger partial charge is 0.436 e. The third-order valence-corrected chi connectivity index (χ3v) is 10.7. The van der Waals surface area contributed by atoms with Gasteiger partial charge in [0, 0.05) is 5.56 Å². The zero-order valence-corrected chi connectivity index (χ0v) is 27.6. The van der Waals surface area contributed by atoms with Crippen molar-refractivity contribution in [3.63, 3.8) is 0 Å². The molecule has 1 aliphatic carbocycles. The maximum Gasteiger partial charge on any atom is 0.227 e. The second-order valence-corrected chi connectivity index (χ2v) is 13.4. The summed E-state index contributed by atoms with van der Waals surface area (Å²) in [5.41, 5.74) is 15.1. The van der Waals surface area contributed by atoms with Crippen LogP contribution in [0, 0.1) is 0 Å². The molecule has 9 aromatic carbocycles. The zero-order chi connectivity index (χ0) is 33.5. The highest BCUT2D eigenvalue weighted by Gasteiger charge is 2.24. The number of rotatable bonds is 3. The van der Waals surface area contributed by atoms with Crippen molar-refractivity contribution in [1.82, 2.24) is 4.98 Å². The Morgan fingerprint density at radius 2 is 0.824 bits per heavy atom. The number of aromatic nitrogens is 1. The van der Waals surface area contributed by atoms with Crippen LogP contribution in [0.3, 0.4) is 0 Å². The van der Waals surface area contributed by atoms with Crippen molar-refractivity contribution < 1.29 is 4.42 Å². The highest BCUT2D eigenvalue weighted by Crippen LogP contribution is 2.51. The monoisotopic (exact) mass is 647 g/mol. The van der Waals surface area contributed by atoms with E-state index in [-0.39, 0.29) is 0 Å². The minimum absolute atomic E-state index is 0.636. The molecule has 0 saturated carbocycles. The van der Waals surface area contributed by atoms with Crippen LogP contribution < -0.4 is 0 Å². The molecule has 1 aliphatic rings. The van der Waals surface area contributed by atoms with Crippen LogP contribution in [0.2, 0.25) is 0 Å². The summed E-state index contributed by atoms with van der Waals surface area (Å²) in [7, 11) is 0. The van der Waals surface area contributed by atoms with Crippen LogP contribution in [-0.4, -0.2) is 4.98 Å². The van der Waals surface area contributed by atoms with Crippen LogP contribution >= 0.6 is 0 Å². The number of nitrogens with zero attached hydrogens (tertiary/aromatic N) is 1. The molecule has 2 nitrogen and oxygen atoms in total. The predicted octanol–water partition coefficient (Wildman–Crippen LogP) is 13.6. The topological polar surface area (TPSA) is 26.0 Å². The summed E-state index contributed by atoms with van der Waals surface area (Å²) in [6.07, 6.45) is 0. The molecule has 1 heterocycles. The van der Waals surface area contributed by atoms with Gasteiger partial charge in [0.15, 0.2) is 5.58 Å². The van der Waals surface area contributed by atoms with Gasteiger partial charge in [-0.1, -0.05) is 152 Å². The van der Waals surface area contributed by atoms with Gasteiger partial charge in [0.2, 0.25) is 5.89 Å². The Morgan fingerprint density at radius 1 is 0.333 bits per heavy atom. The van der Waals surface area contributed by atoms with Gasteiger partial charge in [0.25, 0.3) is 0 Å². The van der Waals surface area contributed by atoms with Gasteiger partial charge in [0.05, 0.1) is 0 Å². The van der Waals surface area contributed by atoms with E-state index in [0.717, 1.165) is 22.2 Å². The molecular weight excluding hydrogens is 619 g/mol. The summed E-state index contributed by atoms with van der Waals surface area (Å²) >= 11 is 0. The van der Waals surface area contributed by atoms with Crippen molar-refractivity contribution in [2.75, 3.05) is 0 Å². The third kappa shape index (κ3) is 4.14. The molecule has 0 bridgehead atoms. The lowest BCUT2D eigenvalue weighted by atomic mass is 9.83. The van der Waals surface area contributed by atoms with Gasteiger partial charge in [0.1, 0.15) is 5.52 Å². The number of hydrogen-bond acceptors (Lipinski definition) is 2. The minimum atomic E-state index is 0.636. The fourth-order valence-corrected chi connectivity index (χ4v) is 8.49. The van der Waals surface area contributed by atoms with Gasteiger partial charge in [-0.2, -0.15) is 0 Å². The second-order valence-electron chi connectivity index (χ2n) is 13.4. The van der Waals surface area contributed by atoms with E-state index in [4.69, 9.17) is 9.40 Å². The van der Waals surface area contributed by atoms with Crippen LogP contribution in [0.5, 0.6) is 0 Å². The molecule has 0 amide bonds. The van der Waals surface area contributed by atoms with E-state index in [1.165, 1.54) is 82.4 Å². The van der Waals surface area contributed by atoms with E-state index >= 15 is 0 Å². The van der Waals surface area contributed by atoms with Crippen molar-refractivity contribution in [3.8, 4) is 67.1 Å². The Bertz CT molecular complexity index is 2910. The molecule has 0 radical (unpaired) electrons. The maximum absolute atomic E-state index is 6.37. The maximum atomic E-state index is 6.37. The minimum Gasteiger partial charge on any atom is -0.436 e. The van der Waals surface area contributed by atoms with Gasteiger partial charge >= 0.3 is 0 Å². The molecule has 10 aromatic rings. The number of oxazole rings is 1. The lowest BCUT2D eigenvalue weighted by molar-refractivity contribution is 0.620. The molecular formula is C49H29NO. The molecule has 11 rings (SSSR count). The van der Waals surface area contributed by atoms with Crippen molar-refractivity contribution in [2.24, 2.45) is 0 Å². The first-order valence-electron chi connectivity index (χ1n) is 17.5. The van der Waals surface area contributed by atoms with E-state index in [1.54, 1.807) is 0 Å². The summed E-state index contributed by atoms with van der Waals surface area (Å²) in [4.78, 5) is 4.82. The van der Waals surface area contributed by atoms with Gasteiger partial charge in [-0.25, -0.2) is 4.98 Å². The second kappa shape index (κ2) is 10.9. The van der Waals surface area contributed by atoms with Crippen LogP contribution in [0.1, 0.15) is 0 Å². The number of benzene rings is 9. The van der Waals surface area contributed by atoms with E-state index in [9.17, 15) is 0 Å². The van der Waals surface area contributed by atoms with Crippen molar-refractivity contribution in [2.45, 2.75) is 0 Å². The molecule has 0 saturated heterocycles. The number of fused-ring (bicyclic) bond motifs is 8. The van der Waals surface area contributed by atoms with Crippen LogP contribution in [0.25, 0.3) is 111 Å². The molecule has 51 heavy (non-hydrogen) atoms. The summed E-state index contributed by atoms with van der Waals surface area (Å²) in [5, 5.41) is 7.43. The Labute approximate surface area is 294 Å². The Hall–Kier alpha value is -6.77. The van der Waals surface area contributed by atoms with Gasteiger partial charge < -0.3 is 4.42 Å². The highest BCUT2D eigenvalue weighted by atomic mass is 16.3. The fourth-order valence-electron chi connectivity index (χ4n) is 8.49. The molecule has 0 unspecified atom stereocenters. The van der Waals surface area contributed by atoms with Gasteiger partial charge in [-0.15, -0.1) is 0 Å². The third-order valence-electron chi connectivity index (χ3n) is 10.7. The van der Waals surface area contributed by atoms with E-state index in [1.807, 2.05) is 30.3 Å². The smallest absolute Gasteiger partial charge is 0.227 e. The van der Waals surface area contributed by atoms with E-state index in [0.29, 0.717) is 5.89 Å². The first-order chi connectivity index (χ1) is 25.3. The number of hydrogen-bond donors (Lipinski definition) is 0. The molecule has 0 N–H and O–H groups in total. The van der Waals surface area contributed by atoms with Crippen LogP contribution in [-0.2, 0) is 0 Å². The summed E-state index contributed by atoms with van der Waals surface area (Å²) in [6, 6.07) is 63.5. The Morgan fingerprint density at radius 3 is 1.47 bits per heavy atom. The molecule has 0 spiro atoms. The molecule has 0 fully saturated rings. The van der Waals surface area contributed by atoms with Crippen molar-refractivity contribution in [1.29, 1.82) is 0 Å². The van der Waals surface area contributed by atoms with Gasteiger partial charge in [-0.3, -0.25) is 0 Å². The lowest BCUT2D eigenvalue weighted by Gasteiger charge is -2.20. The quantitative estimate of drug-likeness (QED) is 0.178. The molecule has 1 aromatic heterocycles. The SMILES string of the molecule is c1ccc(-c2nc3ccc(-c4c5ccccc5c(-c5ccc6c7c(cccc57)-c5ccccc5-c5ccccc5-6)c5ccccc45)cc3o2)cc1. The first-order valence-corrected chi connectivity index (χ1v) is 17.5. The molecule has 2 heteroatoms. The van der Waals surface area contributed by atoms with Crippen LogP contribution in [0.4, 0.5) is 0 Å². The van der Waals surface area contributed by atoms with Crippen LogP contribution in [0.15, 0.2) is 180 Å². The first kappa shape index (κ1) is 28.1. The zero-order valence-electron chi connectivity index (χ0n) is 27.6. The average Bonchev–Trinajstić information content (AvgIpc) is 3.59. The Kier molecular flexibility index (Phi) is 5.99. The fraction of sp³-hybridized carbons (Fsp3) is 0. The standard InChI is InChI=1S/C49H29NO/c1-2-13-30(14-3-1)49-50-44-28-25-31(29-45(44)51-49)46-37-19-8-10-21-39(37)48(40-22-11-9-20-38(40)46)43-27-26-42-35-18-7-5-16-33(35)32-15-4-6-17-34(32)36-23-12-24-41(43)47(36)42/h1-29H. The average molecular weight is 648 g/mol. The summed E-state index contributed by atoms with van der Waals surface area (Å²) in [5.74, 6) is 0.636. The molecule has 0 atom stereocenters. The summed E-state index contributed by atoms with van der Waals surface area (Å²) in [6.45, 7) is 0.